The second-order valence-corrected chi connectivity index (χ2v) is 7.69. The van der Waals surface area contributed by atoms with Crippen molar-refractivity contribution >= 4 is 28.7 Å². The number of hydrogen-bond acceptors (Lipinski definition) is 5. The van der Waals surface area contributed by atoms with Gasteiger partial charge in [0, 0.05) is 35.3 Å². The highest BCUT2D eigenvalue weighted by Crippen LogP contribution is 2.34. The summed E-state index contributed by atoms with van der Waals surface area (Å²) in [7, 11) is 1.81. The normalized spacial score (nSPS) is 11.3. The minimum absolute atomic E-state index is 0.0319. The van der Waals surface area contributed by atoms with E-state index < -0.39 is 23.4 Å². The summed E-state index contributed by atoms with van der Waals surface area (Å²) >= 11 is 0. The number of carbonyl (C=O) groups excluding carboxylic acids is 3. The summed E-state index contributed by atoms with van der Waals surface area (Å²) in [5.41, 5.74) is 1.17. The lowest BCUT2D eigenvalue weighted by atomic mass is 9.88. The standard InChI is InChI=1S/C25H28N2O5/c1-6-31-23(29)25(24(30)32-7-2,26-22(28)18-11-8-16(3)9-12-18)20-15-27(5)21-13-10-17(4)14-19(20)21/h8-15H,6-7H2,1-5H3,(H,26,28). The predicted octanol–water partition coefficient (Wildman–Crippen LogP) is 3.55. The summed E-state index contributed by atoms with van der Waals surface area (Å²) < 4.78 is 12.4. The Morgan fingerprint density at radius 2 is 1.47 bits per heavy atom. The van der Waals surface area contributed by atoms with Crippen LogP contribution in [0.3, 0.4) is 0 Å². The second-order valence-electron chi connectivity index (χ2n) is 7.69. The Kier molecular flexibility index (Phi) is 6.67. The van der Waals surface area contributed by atoms with Crippen LogP contribution in [0, 0.1) is 13.8 Å². The Balaban J connectivity index is 2.27. The molecule has 0 bridgehead atoms. The van der Waals surface area contributed by atoms with Gasteiger partial charge in [0.2, 0.25) is 0 Å². The van der Waals surface area contributed by atoms with Gasteiger partial charge in [-0.1, -0.05) is 29.3 Å². The van der Waals surface area contributed by atoms with Crippen LogP contribution in [0.2, 0.25) is 0 Å². The Morgan fingerprint density at radius 1 is 0.906 bits per heavy atom. The van der Waals surface area contributed by atoms with Crippen molar-refractivity contribution in [2.45, 2.75) is 33.2 Å². The fourth-order valence-electron chi connectivity index (χ4n) is 3.70. The Morgan fingerprint density at radius 3 is 2.03 bits per heavy atom. The van der Waals surface area contributed by atoms with Crippen molar-refractivity contribution in [1.82, 2.24) is 9.88 Å². The fourth-order valence-corrected chi connectivity index (χ4v) is 3.70. The minimum Gasteiger partial charge on any atom is -0.464 e. The first kappa shape index (κ1) is 23.1. The van der Waals surface area contributed by atoms with Gasteiger partial charge in [0.25, 0.3) is 11.4 Å². The van der Waals surface area contributed by atoms with E-state index in [2.05, 4.69) is 5.32 Å². The quantitative estimate of drug-likeness (QED) is 0.452. The average Bonchev–Trinajstić information content (AvgIpc) is 3.08. The number of carbonyl (C=O) groups is 3. The molecule has 3 rings (SSSR count). The molecule has 1 heterocycles. The van der Waals surface area contributed by atoms with E-state index in [1.54, 1.807) is 48.9 Å². The van der Waals surface area contributed by atoms with Crippen molar-refractivity contribution in [3.05, 3.63) is 70.9 Å². The third-order valence-electron chi connectivity index (χ3n) is 5.33. The molecular weight excluding hydrogens is 408 g/mol. The van der Waals surface area contributed by atoms with Crippen LogP contribution in [0.15, 0.2) is 48.7 Å². The van der Waals surface area contributed by atoms with Gasteiger partial charge in [-0.2, -0.15) is 0 Å². The monoisotopic (exact) mass is 436 g/mol. The number of benzene rings is 2. The molecule has 7 heteroatoms. The molecule has 0 aliphatic carbocycles. The van der Waals surface area contributed by atoms with Crippen LogP contribution in [-0.2, 0) is 31.6 Å². The molecule has 0 aliphatic heterocycles. The summed E-state index contributed by atoms with van der Waals surface area (Å²) in [5, 5.41) is 3.33. The zero-order valence-electron chi connectivity index (χ0n) is 19.0. The maximum absolute atomic E-state index is 13.4. The molecule has 1 amide bonds. The van der Waals surface area contributed by atoms with Crippen molar-refractivity contribution in [3.63, 3.8) is 0 Å². The van der Waals surface area contributed by atoms with Crippen molar-refractivity contribution < 1.29 is 23.9 Å². The van der Waals surface area contributed by atoms with Crippen LogP contribution in [0.5, 0.6) is 0 Å². The van der Waals surface area contributed by atoms with Crippen LogP contribution in [0.1, 0.15) is 40.9 Å². The highest BCUT2D eigenvalue weighted by atomic mass is 16.6. The molecule has 0 atom stereocenters. The molecule has 3 aromatic rings. The van der Waals surface area contributed by atoms with Crippen LogP contribution >= 0.6 is 0 Å². The van der Waals surface area contributed by atoms with Gasteiger partial charge >= 0.3 is 11.9 Å². The first-order valence-electron chi connectivity index (χ1n) is 10.5. The van der Waals surface area contributed by atoms with Gasteiger partial charge < -0.3 is 19.4 Å². The molecule has 0 fully saturated rings. The van der Waals surface area contributed by atoms with E-state index in [1.165, 1.54) is 0 Å². The number of nitrogens with zero attached hydrogens (tertiary/aromatic N) is 1. The number of esters is 2. The number of rotatable bonds is 7. The van der Waals surface area contributed by atoms with E-state index in [0.717, 1.165) is 16.6 Å². The van der Waals surface area contributed by atoms with Gasteiger partial charge in [-0.15, -0.1) is 0 Å². The highest BCUT2D eigenvalue weighted by Gasteiger charge is 2.54. The van der Waals surface area contributed by atoms with E-state index in [1.807, 2.05) is 39.1 Å². The van der Waals surface area contributed by atoms with E-state index >= 15 is 0 Å². The van der Waals surface area contributed by atoms with Gasteiger partial charge in [0.05, 0.1) is 13.2 Å². The summed E-state index contributed by atoms with van der Waals surface area (Å²) in [6.45, 7) is 7.17. The topological polar surface area (TPSA) is 86.6 Å². The van der Waals surface area contributed by atoms with Crippen molar-refractivity contribution in [2.24, 2.45) is 7.05 Å². The molecule has 2 aromatic carbocycles. The van der Waals surface area contributed by atoms with Crippen molar-refractivity contribution in [1.29, 1.82) is 0 Å². The maximum Gasteiger partial charge on any atom is 0.348 e. The zero-order chi connectivity index (χ0) is 23.5. The third kappa shape index (κ3) is 4.10. The number of amides is 1. The minimum atomic E-state index is -2.17. The van der Waals surface area contributed by atoms with Gasteiger partial charge in [0.1, 0.15) is 0 Å². The smallest absolute Gasteiger partial charge is 0.348 e. The Bertz CT molecular complexity index is 1140. The van der Waals surface area contributed by atoms with Crippen LogP contribution in [0.25, 0.3) is 10.9 Å². The zero-order valence-corrected chi connectivity index (χ0v) is 19.0. The second kappa shape index (κ2) is 9.26. The molecule has 0 saturated carbocycles. The highest BCUT2D eigenvalue weighted by molar-refractivity contribution is 6.13. The number of aromatic nitrogens is 1. The molecule has 1 aromatic heterocycles. The molecule has 0 saturated heterocycles. The van der Waals surface area contributed by atoms with E-state index in [-0.39, 0.29) is 13.2 Å². The molecule has 7 nitrogen and oxygen atoms in total. The maximum atomic E-state index is 13.4. The first-order chi connectivity index (χ1) is 15.2. The molecule has 0 radical (unpaired) electrons. The Labute approximate surface area is 187 Å². The number of nitrogens with one attached hydrogen (secondary N) is 1. The lowest BCUT2D eigenvalue weighted by Crippen LogP contribution is -2.58. The van der Waals surface area contributed by atoms with E-state index in [9.17, 15) is 14.4 Å². The summed E-state index contributed by atoms with van der Waals surface area (Å²) in [5.74, 6) is -2.38. The SMILES string of the molecule is CCOC(=O)C(NC(=O)c1ccc(C)cc1)(C(=O)OCC)c1cn(C)c2ccc(C)cc12. The summed E-state index contributed by atoms with van der Waals surface area (Å²) in [4.78, 5) is 40.0. The molecular formula is C25H28N2O5. The number of aryl methyl sites for hydroxylation is 3. The predicted molar refractivity (Wildman–Crippen MR) is 121 cm³/mol. The lowest BCUT2D eigenvalue weighted by molar-refractivity contribution is -0.166. The van der Waals surface area contributed by atoms with Crippen molar-refractivity contribution in [3.8, 4) is 0 Å². The lowest BCUT2D eigenvalue weighted by Gasteiger charge is -2.30. The fraction of sp³-hybridized carbons (Fsp3) is 0.320. The van der Waals surface area contributed by atoms with Gasteiger partial charge in [-0.25, -0.2) is 9.59 Å². The largest absolute Gasteiger partial charge is 0.464 e. The summed E-state index contributed by atoms with van der Waals surface area (Å²) in [6.07, 6.45) is 1.66. The number of ether oxygens (including phenoxy) is 2. The molecule has 0 spiro atoms. The molecule has 168 valence electrons. The molecule has 1 N–H and O–H groups in total. The molecule has 0 unspecified atom stereocenters. The first-order valence-corrected chi connectivity index (χ1v) is 10.5. The van der Waals surface area contributed by atoms with Crippen molar-refractivity contribution in [2.75, 3.05) is 13.2 Å². The van der Waals surface area contributed by atoms with Crippen LogP contribution in [-0.4, -0.2) is 35.6 Å². The van der Waals surface area contributed by atoms with E-state index in [0.29, 0.717) is 16.5 Å². The van der Waals surface area contributed by atoms with Gasteiger partial charge in [0.15, 0.2) is 0 Å². The Hall–Kier alpha value is -3.61. The summed E-state index contributed by atoms with van der Waals surface area (Å²) in [6, 6.07) is 12.6. The van der Waals surface area contributed by atoms with Crippen LogP contribution in [0.4, 0.5) is 0 Å². The van der Waals surface area contributed by atoms with Gasteiger partial charge in [-0.3, -0.25) is 4.79 Å². The van der Waals surface area contributed by atoms with Gasteiger partial charge in [-0.05, 0) is 52.0 Å². The molecule has 32 heavy (non-hydrogen) atoms. The number of fused-ring (bicyclic) bond motifs is 1. The molecule has 0 aliphatic rings. The average molecular weight is 437 g/mol. The van der Waals surface area contributed by atoms with Crippen LogP contribution < -0.4 is 5.32 Å². The number of hydrogen-bond donors (Lipinski definition) is 1. The third-order valence-corrected chi connectivity index (χ3v) is 5.33. The van der Waals surface area contributed by atoms with E-state index in [4.69, 9.17) is 9.47 Å².